The van der Waals surface area contributed by atoms with Crippen molar-refractivity contribution in [1.82, 2.24) is 4.31 Å². The number of carbonyl (C=O) groups is 2. The zero-order valence-electron chi connectivity index (χ0n) is 14.2. The van der Waals surface area contributed by atoms with Gasteiger partial charge in [0.2, 0.25) is 15.9 Å². The van der Waals surface area contributed by atoms with Crippen LogP contribution in [0.4, 0.5) is 5.69 Å². The van der Waals surface area contributed by atoms with Gasteiger partial charge in [0.15, 0.2) is 5.78 Å². The summed E-state index contributed by atoms with van der Waals surface area (Å²) in [5.74, 6) is -0.388. The predicted molar refractivity (Wildman–Crippen MR) is 91.0 cm³/mol. The highest BCUT2D eigenvalue weighted by molar-refractivity contribution is 7.88. The van der Waals surface area contributed by atoms with Crippen LogP contribution < -0.4 is 5.32 Å². The first-order chi connectivity index (χ1) is 10.4. The lowest BCUT2D eigenvalue weighted by Gasteiger charge is -2.33. The van der Waals surface area contributed by atoms with Crippen LogP contribution in [0.15, 0.2) is 24.3 Å². The summed E-state index contributed by atoms with van der Waals surface area (Å²) in [5, 5.41) is 2.68. The number of carbonyl (C=O) groups excluding carboxylic acids is 2. The number of anilines is 1. The van der Waals surface area contributed by atoms with Gasteiger partial charge in [-0.05, 0) is 39.8 Å². The number of hydrogen-bond acceptors (Lipinski definition) is 4. The number of Topliss-reactive ketones (excluding diaryl/α,β-unsaturated/α-hetero) is 1. The molecule has 0 heterocycles. The molecule has 1 N–H and O–H groups in total. The number of nitrogens with zero attached hydrogens (tertiary/aromatic N) is 1. The Bertz CT molecular complexity index is 690. The van der Waals surface area contributed by atoms with Crippen LogP contribution >= 0.6 is 0 Å². The molecule has 0 radical (unpaired) electrons. The number of ketones is 1. The molecule has 0 aliphatic heterocycles. The summed E-state index contributed by atoms with van der Waals surface area (Å²) in [5.41, 5.74) is 0.433. The van der Waals surface area contributed by atoms with Crippen LogP contribution in [0.1, 0.15) is 44.5 Å². The molecule has 0 aromatic heterocycles. The van der Waals surface area contributed by atoms with Gasteiger partial charge in [-0.15, -0.1) is 0 Å². The number of nitrogens with one attached hydrogen (secondary N) is 1. The van der Waals surface area contributed by atoms with Crippen LogP contribution in [-0.2, 0) is 14.8 Å². The number of sulfonamides is 1. The second-order valence-corrected chi connectivity index (χ2v) is 8.35. The van der Waals surface area contributed by atoms with Crippen molar-refractivity contribution in [3.63, 3.8) is 0 Å². The molecule has 0 atom stereocenters. The summed E-state index contributed by atoms with van der Waals surface area (Å²) >= 11 is 0. The molecule has 1 aromatic carbocycles. The Labute approximate surface area is 137 Å². The molecule has 0 aliphatic carbocycles. The summed E-state index contributed by atoms with van der Waals surface area (Å²) in [4.78, 5) is 23.4. The van der Waals surface area contributed by atoms with E-state index in [4.69, 9.17) is 0 Å². The Morgan fingerprint density at radius 3 is 2.30 bits per heavy atom. The minimum Gasteiger partial charge on any atom is -0.326 e. The van der Waals surface area contributed by atoms with E-state index in [9.17, 15) is 18.0 Å². The molecule has 0 unspecified atom stereocenters. The standard InChI is InChI=1S/C16H24N2O4S/c1-12(19)13-7-6-8-14(11-13)17-15(20)9-10-18(16(2,3)4)23(5,21)22/h6-8,11H,9-10H2,1-5H3,(H,17,20). The summed E-state index contributed by atoms with van der Waals surface area (Å²) in [6.07, 6.45) is 1.17. The molecule has 0 aliphatic rings. The van der Waals surface area contributed by atoms with Crippen LogP contribution in [0.25, 0.3) is 0 Å². The lowest BCUT2D eigenvalue weighted by Crippen LogP contribution is -2.46. The highest BCUT2D eigenvalue weighted by atomic mass is 32.2. The molecule has 1 aromatic rings. The van der Waals surface area contributed by atoms with Crippen LogP contribution in [0, 0.1) is 0 Å². The van der Waals surface area contributed by atoms with E-state index in [1.165, 1.54) is 11.2 Å². The zero-order valence-corrected chi connectivity index (χ0v) is 15.0. The maximum absolute atomic E-state index is 12.0. The van der Waals surface area contributed by atoms with Crippen molar-refractivity contribution in [3.05, 3.63) is 29.8 Å². The van der Waals surface area contributed by atoms with E-state index < -0.39 is 15.6 Å². The summed E-state index contributed by atoms with van der Waals surface area (Å²) in [7, 11) is -3.40. The Balaban J connectivity index is 2.74. The van der Waals surface area contributed by atoms with Crippen LogP contribution in [0.2, 0.25) is 0 Å². The van der Waals surface area contributed by atoms with Gasteiger partial charge in [-0.25, -0.2) is 8.42 Å². The Hall–Kier alpha value is -1.73. The average molecular weight is 340 g/mol. The van der Waals surface area contributed by atoms with Gasteiger partial charge in [-0.1, -0.05) is 12.1 Å². The fourth-order valence-electron chi connectivity index (χ4n) is 2.24. The minimum atomic E-state index is -3.40. The fraction of sp³-hybridized carbons (Fsp3) is 0.500. The van der Waals surface area contributed by atoms with Crippen molar-refractivity contribution in [2.24, 2.45) is 0 Å². The van der Waals surface area contributed by atoms with Gasteiger partial charge in [-0.3, -0.25) is 9.59 Å². The Morgan fingerprint density at radius 2 is 1.83 bits per heavy atom. The van der Waals surface area contributed by atoms with Gasteiger partial charge in [0.25, 0.3) is 0 Å². The van der Waals surface area contributed by atoms with E-state index in [0.29, 0.717) is 11.3 Å². The van der Waals surface area contributed by atoms with E-state index in [-0.39, 0.29) is 24.7 Å². The van der Waals surface area contributed by atoms with Gasteiger partial charge >= 0.3 is 0 Å². The predicted octanol–water partition coefficient (Wildman–Crippen LogP) is 2.28. The Morgan fingerprint density at radius 1 is 1.22 bits per heavy atom. The highest BCUT2D eigenvalue weighted by Crippen LogP contribution is 2.18. The van der Waals surface area contributed by atoms with Gasteiger partial charge in [-0.2, -0.15) is 4.31 Å². The molecule has 0 spiro atoms. The first-order valence-corrected chi connectivity index (χ1v) is 9.15. The number of amides is 1. The first-order valence-electron chi connectivity index (χ1n) is 7.30. The fourth-order valence-corrected chi connectivity index (χ4v) is 3.66. The van der Waals surface area contributed by atoms with E-state index in [1.807, 2.05) is 0 Å². The van der Waals surface area contributed by atoms with Crippen molar-refractivity contribution in [2.75, 3.05) is 18.1 Å². The third kappa shape index (κ3) is 6.11. The van der Waals surface area contributed by atoms with Gasteiger partial charge < -0.3 is 5.32 Å². The van der Waals surface area contributed by atoms with E-state index >= 15 is 0 Å². The van der Waals surface area contributed by atoms with Gasteiger partial charge in [0, 0.05) is 29.8 Å². The van der Waals surface area contributed by atoms with Crippen LogP contribution in [-0.4, -0.2) is 42.8 Å². The Kier molecular flexibility index (Phi) is 6.07. The second kappa shape index (κ2) is 7.23. The number of hydrogen-bond donors (Lipinski definition) is 1. The molecule has 1 rings (SSSR count). The highest BCUT2D eigenvalue weighted by Gasteiger charge is 2.29. The summed E-state index contributed by atoms with van der Waals surface area (Å²) in [6, 6.07) is 6.63. The smallest absolute Gasteiger partial charge is 0.225 e. The van der Waals surface area contributed by atoms with Crippen LogP contribution in [0.3, 0.4) is 0 Å². The molecule has 6 nitrogen and oxygen atoms in total. The second-order valence-electron chi connectivity index (χ2n) is 6.44. The number of rotatable bonds is 6. The van der Waals surface area contributed by atoms with E-state index in [0.717, 1.165) is 6.26 Å². The molecule has 0 saturated carbocycles. The molecular formula is C16H24N2O4S. The summed E-state index contributed by atoms with van der Waals surface area (Å²) in [6.45, 7) is 6.89. The SMILES string of the molecule is CC(=O)c1cccc(NC(=O)CCN(C(C)(C)C)S(C)(=O)=O)c1. The minimum absolute atomic E-state index is 0.0363. The third-order valence-corrected chi connectivity index (χ3v) is 4.77. The maximum atomic E-state index is 12.0. The van der Waals surface area contributed by atoms with Gasteiger partial charge in [0.1, 0.15) is 0 Å². The molecule has 128 valence electrons. The van der Waals surface area contributed by atoms with Crippen molar-refractivity contribution in [3.8, 4) is 0 Å². The molecule has 0 fully saturated rings. The monoisotopic (exact) mass is 340 g/mol. The molecule has 7 heteroatoms. The molecule has 23 heavy (non-hydrogen) atoms. The maximum Gasteiger partial charge on any atom is 0.225 e. The lowest BCUT2D eigenvalue weighted by molar-refractivity contribution is -0.116. The van der Waals surface area contributed by atoms with E-state index in [1.54, 1.807) is 45.0 Å². The lowest BCUT2D eigenvalue weighted by atomic mass is 10.1. The normalized spacial score (nSPS) is 12.3. The molecular weight excluding hydrogens is 316 g/mol. The van der Waals surface area contributed by atoms with Crippen molar-refractivity contribution >= 4 is 27.4 Å². The van der Waals surface area contributed by atoms with Crippen LogP contribution in [0.5, 0.6) is 0 Å². The van der Waals surface area contributed by atoms with Gasteiger partial charge in [0.05, 0.1) is 6.26 Å². The average Bonchev–Trinajstić information content (AvgIpc) is 2.35. The van der Waals surface area contributed by atoms with Crippen molar-refractivity contribution in [2.45, 2.75) is 39.7 Å². The quantitative estimate of drug-likeness (QED) is 0.805. The largest absolute Gasteiger partial charge is 0.326 e. The zero-order chi connectivity index (χ0) is 17.8. The van der Waals surface area contributed by atoms with E-state index in [2.05, 4.69) is 5.32 Å². The first kappa shape index (κ1) is 19.3. The third-order valence-electron chi connectivity index (χ3n) is 3.24. The number of benzene rings is 1. The van der Waals surface area contributed by atoms with Crippen molar-refractivity contribution < 1.29 is 18.0 Å². The topological polar surface area (TPSA) is 83.6 Å². The van der Waals surface area contributed by atoms with Crippen molar-refractivity contribution in [1.29, 1.82) is 0 Å². The molecule has 0 bridgehead atoms. The molecule has 1 amide bonds. The summed E-state index contributed by atoms with van der Waals surface area (Å²) < 4.78 is 24.9. The molecule has 0 saturated heterocycles.